The highest BCUT2D eigenvalue weighted by Gasteiger charge is 2.41. The molecule has 0 amide bonds. The topological polar surface area (TPSA) is 72.2 Å². The summed E-state index contributed by atoms with van der Waals surface area (Å²) in [6, 6.07) is 0. The van der Waals surface area contributed by atoms with Crippen molar-refractivity contribution in [1.29, 1.82) is 0 Å². The summed E-state index contributed by atoms with van der Waals surface area (Å²) in [7, 11) is -1.12. The summed E-state index contributed by atoms with van der Waals surface area (Å²) in [6.07, 6.45) is 10.6. The van der Waals surface area contributed by atoms with Crippen LogP contribution in [-0.2, 0) is 9.84 Å². The number of nitrogens with one attached hydrogen (secondary N) is 1. The molecule has 2 rings (SSSR count). The molecular weight excluding hydrogens is 248 g/mol. The molecule has 2 unspecified atom stereocenters. The van der Waals surface area contributed by atoms with E-state index in [-0.39, 0.29) is 17.2 Å². The summed E-state index contributed by atoms with van der Waals surface area (Å²) in [5, 5.41) is 3.33. The molecule has 18 heavy (non-hydrogen) atoms. The van der Waals surface area contributed by atoms with Gasteiger partial charge in [-0.05, 0) is 25.5 Å². The van der Waals surface area contributed by atoms with Gasteiger partial charge in [0.05, 0.1) is 5.75 Å². The van der Waals surface area contributed by atoms with Crippen LogP contribution in [0.15, 0.2) is 23.9 Å². The molecule has 4 nitrogen and oxygen atoms in total. The zero-order valence-corrected chi connectivity index (χ0v) is 11.8. The Labute approximate surface area is 109 Å². The van der Waals surface area contributed by atoms with Gasteiger partial charge in [0.25, 0.3) is 0 Å². The Morgan fingerprint density at radius 3 is 2.67 bits per heavy atom. The highest BCUT2D eigenvalue weighted by atomic mass is 32.2. The molecule has 0 heterocycles. The summed E-state index contributed by atoms with van der Waals surface area (Å²) in [4.78, 5) is 0. The van der Waals surface area contributed by atoms with Gasteiger partial charge < -0.3 is 11.1 Å². The number of hydrogen-bond donors (Lipinski definition) is 2. The van der Waals surface area contributed by atoms with E-state index in [1.807, 2.05) is 19.2 Å². The first-order valence-electron chi connectivity index (χ1n) is 6.38. The second-order valence-corrected chi connectivity index (χ2v) is 7.82. The van der Waals surface area contributed by atoms with Gasteiger partial charge >= 0.3 is 0 Å². The largest absolute Gasteiger partial charge is 0.399 e. The zero-order valence-electron chi connectivity index (χ0n) is 11.0. The molecule has 1 fully saturated rings. The minimum atomic E-state index is -3.02. The van der Waals surface area contributed by atoms with E-state index in [1.165, 1.54) is 19.1 Å². The number of allylic oxidation sites excluding steroid dienone is 1. The van der Waals surface area contributed by atoms with Crippen LogP contribution in [0.5, 0.6) is 0 Å². The average Bonchev–Trinajstić information content (AvgIpc) is 3.04. The van der Waals surface area contributed by atoms with Crippen molar-refractivity contribution in [2.75, 3.05) is 19.1 Å². The van der Waals surface area contributed by atoms with Crippen LogP contribution in [0.4, 0.5) is 0 Å². The van der Waals surface area contributed by atoms with Gasteiger partial charge in [0, 0.05) is 23.4 Å². The number of likely N-dealkylation sites (N-methyl/N-ethyl adjacent to an activating group) is 1. The van der Waals surface area contributed by atoms with Crippen molar-refractivity contribution in [1.82, 2.24) is 5.32 Å². The average molecular weight is 270 g/mol. The van der Waals surface area contributed by atoms with E-state index in [0.717, 1.165) is 12.3 Å². The molecule has 0 saturated heterocycles. The highest BCUT2D eigenvalue weighted by Crippen LogP contribution is 2.41. The maximum Gasteiger partial charge on any atom is 0.148 e. The van der Waals surface area contributed by atoms with E-state index >= 15 is 0 Å². The minimum absolute atomic E-state index is 0.0805. The van der Waals surface area contributed by atoms with Gasteiger partial charge in [0.15, 0.2) is 0 Å². The van der Waals surface area contributed by atoms with Gasteiger partial charge in [-0.2, -0.15) is 0 Å². The van der Waals surface area contributed by atoms with Gasteiger partial charge in [0.2, 0.25) is 0 Å². The second-order valence-electron chi connectivity index (χ2n) is 5.64. The Bertz CT molecular complexity index is 477. The fraction of sp³-hybridized carbons (Fsp3) is 0.692. The highest BCUT2D eigenvalue weighted by molar-refractivity contribution is 7.90. The molecule has 2 aliphatic carbocycles. The normalized spacial score (nSPS) is 32.3. The molecule has 5 heteroatoms. The van der Waals surface area contributed by atoms with E-state index in [9.17, 15) is 8.42 Å². The quantitative estimate of drug-likeness (QED) is 0.776. The lowest BCUT2D eigenvalue weighted by atomic mass is 9.77. The van der Waals surface area contributed by atoms with Crippen molar-refractivity contribution in [3.05, 3.63) is 23.9 Å². The fourth-order valence-corrected chi connectivity index (χ4v) is 3.76. The maximum absolute atomic E-state index is 11.6. The number of rotatable bonds is 5. The molecule has 0 bridgehead atoms. The minimum Gasteiger partial charge on any atom is -0.399 e. The Balaban J connectivity index is 2.26. The van der Waals surface area contributed by atoms with E-state index in [1.54, 1.807) is 0 Å². The first-order chi connectivity index (χ1) is 8.35. The third kappa shape index (κ3) is 3.14. The lowest BCUT2D eigenvalue weighted by Crippen LogP contribution is -2.51. The van der Waals surface area contributed by atoms with Gasteiger partial charge in [0.1, 0.15) is 9.84 Å². The van der Waals surface area contributed by atoms with Gasteiger partial charge in [-0.15, -0.1) is 0 Å². The fourth-order valence-electron chi connectivity index (χ4n) is 2.72. The van der Waals surface area contributed by atoms with Crippen molar-refractivity contribution in [3.63, 3.8) is 0 Å². The summed E-state index contributed by atoms with van der Waals surface area (Å²) in [5.41, 5.74) is 6.22. The molecule has 0 aromatic heterocycles. The van der Waals surface area contributed by atoms with Crippen LogP contribution >= 0.6 is 0 Å². The maximum atomic E-state index is 11.6. The van der Waals surface area contributed by atoms with Crippen molar-refractivity contribution < 1.29 is 8.42 Å². The van der Waals surface area contributed by atoms with Crippen molar-refractivity contribution in [3.8, 4) is 0 Å². The smallest absolute Gasteiger partial charge is 0.148 e. The standard InChI is InChI=1S/C13H22N2O2S/c1-15-13(8-10-3-4-10)6-5-12(14)7-11(13)9-18(2,16)17/h5-7,10-11,15H,3-4,8-9,14H2,1-2H3. The molecule has 1 saturated carbocycles. The van der Waals surface area contributed by atoms with Crippen molar-refractivity contribution in [2.45, 2.75) is 24.8 Å². The van der Waals surface area contributed by atoms with E-state index in [4.69, 9.17) is 5.73 Å². The molecule has 2 aliphatic rings. The predicted molar refractivity (Wildman–Crippen MR) is 73.7 cm³/mol. The summed E-state index contributed by atoms with van der Waals surface area (Å²) in [6.45, 7) is 0. The van der Waals surface area contributed by atoms with E-state index < -0.39 is 9.84 Å². The lowest BCUT2D eigenvalue weighted by Gasteiger charge is -2.39. The van der Waals surface area contributed by atoms with Crippen LogP contribution in [0.3, 0.4) is 0 Å². The molecule has 102 valence electrons. The molecule has 0 aromatic rings. The van der Waals surface area contributed by atoms with Gasteiger partial charge in [-0.25, -0.2) is 8.42 Å². The predicted octanol–water partition coefficient (Wildman–Crippen LogP) is 0.818. The van der Waals surface area contributed by atoms with Crippen LogP contribution in [0.25, 0.3) is 0 Å². The van der Waals surface area contributed by atoms with Crippen molar-refractivity contribution >= 4 is 9.84 Å². The Morgan fingerprint density at radius 2 is 2.17 bits per heavy atom. The van der Waals surface area contributed by atoms with Crippen LogP contribution in [0.2, 0.25) is 0 Å². The van der Waals surface area contributed by atoms with Crippen molar-refractivity contribution in [2.24, 2.45) is 17.6 Å². The Morgan fingerprint density at radius 1 is 1.50 bits per heavy atom. The monoisotopic (exact) mass is 270 g/mol. The SMILES string of the molecule is CNC1(CC2CC2)C=CC(N)=CC1CS(C)(=O)=O. The molecular formula is C13H22N2O2S. The molecule has 2 atom stereocenters. The zero-order chi connectivity index (χ0) is 13.4. The summed E-state index contributed by atoms with van der Waals surface area (Å²) < 4.78 is 23.2. The van der Waals surface area contributed by atoms with Crippen LogP contribution in [0.1, 0.15) is 19.3 Å². The van der Waals surface area contributed by atoms with Gasteiger partial charge in [-0.1, -0.05) is 25.0 Å². The summed E-state index contributed by atoms with van der Waals surface area (Å²) in [5.74, 6) is 0.783. The second kappa shape index (κ2) is 4.70. The third-order valence-corrected chi connectivity index (χ3v) is 4.86. The van der Waals surface area contributed by atoms with Crippen LogP contribution < -0.4 is 11.1 Å². The molecule has 0 spiro atoms. The number of nitrogens with two attached hydrogens (primary N) is 1. The lowest BCUT2D eigenvalue weighted by molar-refractivity contribution is 0.308. The van der Waals surface area contributed by atoms with Crippen LogP contribution in [0, 0.1) is 11.8 Å². The first kappa shape index (κ1) is 13.6. The van der Waals surface area contributed by atoms with E-state index in [0.29, 0.717) is 5.70 Å². The third-order valence-electron chi connectivity index (χ3n) is 3.90. The first-order valence-corrected chi connectivity index (χ1v) is 8.44. The summed E-state index contributed by atoms with van der Waals surface area (Å²) >= 11 is 0. The molecule has 0 aliphatic heterocycles. The Kier molecular flexibility index (Phi) is 3.56. The van der Waals surface area contributed by atoms with E-state index in [2.05, 4.69) is 11.4 Å². The molecule has 3 N–H and O–H groups in total. The molecule has 0 radical (unpaired) electrons. The number of sulfone groups is 1. The van der Waals surface area contributed by atoms with Crippen LogP contribution in [-0.4, -0.2) is 33.0 Å². The van der Waals surface area contributed by atoms with Gasteiger partial charge in [-0.3, -0.25) is 0 Å². The molecule has 0 aromatic carbocycles. The number of hydrogen-bond acceptors (Lipinski definition) is 4. The Hall–Kier alpha value is -0.810.